The molecule has 0 unspecified atom stereocenters. The SMILES string of the molecule is C[C@@H]1Oc2cc(-c3ccc(OC[C@@H]4CCN(c5ncc(Cl)cn5)[C@@H](C)C4)c(F)c3)ccc2S1(=O)=O. The molecule has 35 heavy (non-hydrogen) atoms. The summed E-state index contributed by atoms with van der Waals surface area (Å²) in [5.74, 6) is 0.959. The lowest BCUT2D eigenvalue weighted by atomic mass is 9.92. The van der Waals surface area contributed by atoms with Crippen molar-refractivity contribution < 1.29 is 22.3 Å². The van der Waals surface area contributed by atoms with Crippen molar-refractivity contribution in [2.75, 3.05) is 18.1 Å². The molecule has 2 aliphatic rings. The minimum atomic E-state index is -3.47. The fourth-order valence-electron chi connectivity index (χ4n) is 4.61. The van der Waals surface area contributed by atoms with Crippen LogP contribution in [0.5, 0.6) is 11.5 Å². The van der Waals surface area contributed by atoms with E-state index in [1.807, 2.05) is 0 Å². The Labute approximate surface area is 208 Å². The topological polar surface area (TPSA) is 81.6 Å². The molecule has 2 aromatic carbocycles. The Kier molecular flexibility index (Phi) is 6.31. The number of benzene rings is 2. The van der Waals surface area contributed by atoms with Crippen LogP contribution in [0.25, 0.3) is 11.1 Å². The van der Waals surface area contributed by atoms with E-state index in [1.54, 1.807) is 36.7 Å². The molecule has 7 nitrogen and oxygen atoms in total. The van der Waals surface area contributed by atoms with Gasteiger partial charge in [-0.15, -0.1) is 0 Å². The summed E-state index contributed by atoms with van der Waals surface area (Å²) < 4.78 is 50.6. The van der Waals surface area contributed by atoms with Gasteiger partial charge in [0, 0.05) is 12.6 Å². The number of hydrogen-bond acceptors (Lipinski definition) is 7. The Balaban J connectivity index is 1.22. The predicted octanol–water partition coefficient (Wildman–Crippen LogP) is 5.13. The van der Waals surface area contributed by atoms with E-state index >= 15 is 0 Å². The predicted molar refractivity (Wildman–Crippen MR) is 131 cm³/mol. The first kappa shape index (κ1) is 23.8. The second-order valence-electron chi connectivity index (χ2n) is 8.98. The zero-order valence-corrected chi connectivity index (χ0v) is 20.9. The van der Waals surface area contributed by atoms with Crippen LogP contribution in [0.4, 0.5) is 10.3 Å². The van der Waals surface area contributed by atoms with E-state index in [-0.39, 0.29) is 22.6 Å². The number of ether oxygens (including phenoxy) is 2. The van der Waals surface area contributed by atoms with Gasteiger partial charge in [0.15, 0.2) is 11.6 Å². The van der Waals surface area contributed by atoms with Crippen molar-refractivity contribution in [3.63, 3.8) is 0 Å². The zero-order chi connectivity index (χ0) is 24.7. The third-order valence-electron chi connectivity index (χ3n) is 6.57. The van der Waals surface area contributed by atoms with Crippen molar-refractivity contribution in [2.24, 2.45) is 5.92 Å². The molecule has 3 aromatic rings. The molecule has 0 aliphatic carbocycles. The molecule has 1 aromatic heterocycles. The van der Waals surface area contributed by atoms with Crippen LogP contribution in [0.3, 0.4) is 0 Å². The van der Waals surface area contributed by atoms with Crippen molar-refractivity contribution >= 4 is 27.4 Å². The number of halogens is 2. The van der Waals surface area contributed by atoms with E-state index in [9.17, 15) is 12.8 Å². The lowest BCUT2D eigenvalue weighted by Gasteiger charge is -2.37. The third kappa shape index (κ3) is 4.67. The van der Waals surface area contributed by atoms with Gasteiger partial charge in [0.25, 0.3) is 0 Å². The maximum Gasteiger partial charge on any atom is 0.225 e. The van der Waals surface area contributed by atoms with Crippen LogP contribution in [-0.2, 0) is 9.84 Å². The Morgan fingerprint density at radius 3 is 2.57 bits per heavy atom. The molecule has 0 amide bonds. The van der Waals surface area contributed by atoms with Gasteiger partial charge >= 0.3 is 0 Å². The van der Waals surface area contributed by atoms with Crippen LogP contribution >= 0.6 is 11.6 Å². The highest BCUT2D eigenvalue weighted by Crippen LogP contribution is 2.39. The van der Waals surface area contributed by atoms with Crippen LogP contribution < -0.4 is 14.4 Å². The minimum absolute atomic E-state index is 0.164. The average molecular weight is 518 g/mol. The molecule has 1 saturated heterocycles. The summed E-state index contributed by atoms with van der Waals surface area (Å²) in [6, 6.07) is 9.78. The molecule has 0 bridgehead atoms. The van der Waals surface area contributed by atoms with Gasteiger partial charge in [-0.3, -0.25) is 0 Å². The average Bonchev–Trinajstić information content (AvgIpc) is 3.06. The standard InChI is InChI=1S/C25H25ClFN3O4S/c1-15-9-17(7-8-30(15)25-28-12-20(26)13-29-25)14-33-22-5-3-18(10-21(22)27)19-4-6-24-23(11-19)34-16(2)35(24,31)32/h3-6,10-13,15-17H,7-9,14H2,1-2H3/t15-,16+,17+/m0/s1. The maximum atomic E-state index is 14.9. The molecule has 184 valence electrons. The molecule has 2 aliphatic heterocycles. The van der Waals surface area contributed by atoms with Crippen molar-refractivity contribution in [1.29, 1.82) is 0 Å². The molecule has 0 saturated carbocycles. The Morgan fingerprint density at radius 2 is 1.86 bits per heavy atom. The molecule has 3 heterocycles. The lowest BCUT2D eigenvalue weighted by Crippen LogP contribution is -2.43. The van der Waals surface area contributed by atoms with Crippen LogP contribution in [0.2, 0.25) is 5.02 Å². The number of fused-ring (bicyclic) bond motifs is 1. The Hall–Kier alpha value is -2.91. The molecule has 0 radical (unpaired) electrons. The largest absolute Gasteiger partial charge is 0.490 e. The summed E-state index contributed by atoms with van der Waals surface area (Å²) in [7, 11) is -3.47. The normalized spacial score (nSPS) is 23.0. The number of sulfone groups is 1. The Bertz CT molecular complexity index is 1350. The molecule has 10 heteroatoms. The van der Waals surface area contributed by atoms with Crippen molar-refractivity contribution in [2.45, 2.75) is 43.1 Å². The van der Waals surface area contributed by atoms with Crippen LogP contribution in [-0.4, -0.2) is 43.0 Å². The van der Waals surface area contributed by atoms with Crippen molar-refractivity contribution in [3.8, 4) is 22.6 Å². The van der Waals surface area contributed by atoms with Gasteiger partial charge in [-0.1, -0.05) is 23.7 Å². The first-order chi connectivity index (χ1) is 16.7. The van der Waals surface area contributed by atoms with Gasteiger partial charge in [-0.05, 0) is 68.0 Å². The van der Waals surface area contributed by atoms with E-state index < -0.39 is 21.1 Å². The first-order valence-electron chi connectivity index (χ1n) is 11.4. The van der Waals surface area contributed by atoms with Crippen molar-refractivity contribution in [1.82, 2.24) is 9.97 Å². The summed E-state index contributed by atoms with van der Waals surface area (Å²) in [4.78, 5) is 10.9. The smallest absolute Gasteiger partial charge is 0.225 e. The number of hydrogen-bond donors (Lipinski definition) is 0. The van der Waals surface area contributed by atoms with Gasteiger partial charge in [-0.2, -0.15) is 0 Å². The number of nitrogens with zero attached hydrogens (tertiary/aromatic N) is 3. The lowest BCUT2D eigenvalue weighted by molar-refractivity contribution is 0.202. The van der Waals surface area contributed by atoms with Gasteiger partial charge in [0.2, 0.25) is 21.2 Å². The van der Waals surface area contributed by atoms with Crippen LogP contribution in [0.1, 0.15) is 26.7 Å². The molecule has 1 fully saturated rings. The van der Waals surface area contributed by atoms with Crippen LogP contribution in [0, 0.1) is 11.7 Å². The highest BCUT2D eigenvalue weighted by atomic mass is 35.5. The number of aromatic nitrogens is 2. The quantitative estimate of drug-likeness (QED) is 0.464. The number of rotatable bonds is 5. The van der Waals surface area contributed by atoms with Gasteiger partial charge in [0.1, 0.15) is 10.6 Å². The summed E-state index contributed by atoms with van der Waals surface area (Å²) in [6.45, 7) is 4.81. The number of anilines is 1. The fourth-order valence-corrected chi connectivity index (χ4v) is 5.94. The van der Waals surface area contributed by atoms with E-state index in [2.05, 4.69) is 21.8 Å². The Morgan fingerprint density at radius 1 is 1.14 bits per heavy atom. The second kappa shape index (κ2) is 9.28. The molecule has 0 spiro atoms. The monoisotopic (exact) mass is 517 g/mol. The highest BCUT2D eigenvalue weighted by Gasteiger charge is 2.35. The van der Waals surface area contributed by atoms with E-state index in [0.29, 0.717) is 34.5 Å². The van der Waals surface area contributed by atoms with E-state index in [0.717, 1.165) is 19.4 Å². The number of piperidine rings is 1. The van der Waals surface area contributed by atoms with Crippen LogP contribution in [0.15, 0.2) is 53.7 Å². The van der Waals surface area contributed by atoms with E-state index in [4.69, 9.17) is 21.1 Å². The third-order valence-corrected chi connectivity index (χ3v) is 8.68. The fraction of sp³-hybridized carbons (Fsp3) is 0.360. The van der Waals surface area contributed by atoms with Gasteiger partial charge in [0.05, 0.1) is 24.0 Å². The molecule has 3 atom stereocenters. The molecule has 0 N–H and O–H groups in total. The molecular weight excluding hydrogens is 493 g/mol. The first-order valence-corrected chi connectivity index (χ1v) is 13.4. The van der Waals surface area contributed by atoms with E-state index in [1.165, 1.54) is 19.1 Å². The van der Waals surface area contributed by atoms with Gasteiger partial charge < -0.3 is 14.4 Å². The summed E-state index contributed by atoms with van der Waals surface area (Å²) in [5.41, 5.74) is 0.362. The highest BCUT2D eigenvalue weighted by molar-refractivity contribution is 7.92. The van der Waals surface area contributed by atoms with Crippen molar-refractivity contribution in [3.05, 3.63) is 59.6 Å². The molecular formula is C25H25ClFN3O4S. The second-order valence-corrected chi connectivity index (χ2v) is 11.6. The summed E-state index contributed by atoms with van der Waals surface area (Å²) >= 11 is 5.89. The summed E-state index contributed by atoms with van der Waals surface area (Å²) in [6.07, 6.45) is 4.95. The summed E-state index contributed by atoms with van der Waals surface area (Å²) in [5, 5.41) is 0.504. The minimum Gasteiger partial charge on any atom is -0.490 e. The van der Waals surface area contributed by atoms with Gasteiger partial charge in [-0.25, -0.2) is 22.8 Å². The zero-order valence-electron chi connectivity index (χ0n) is 19.3. The molecule has 5 rings (SSSR count). The maximum absolute atomic E-state index is 14.9.